The summed E-state index contributed by atoms with van der Waals surface area (Å²) in [5.41, 5.74) is 8.83. The maximum atomic E-state index is 5.58. The predicted octanol–water partition coefficient (Wildman–Crippen LogP) is 1.03. The van der Waals surface area contributed by atoms with E-state index in [0.29, 0.717) is 6.54 Å². The van der Waals surface area contributed by atoms with E-state index in [4.69, 9.17) is 5.73 Å². The van der Waals surface area contributed by atoms with Gasteiger partial charge in [0.2, 0.25) is 0 Å². The van der Waals surface area contributed by atoms with Gasteiger partial charge in [0, 0.05) is 31.5 Å². The Morgan fingerprint density at radius 1 is 1.58 bits per heavy atom. The molecule has 0 saturated heterocycles. The summed E-state index contributed by atoms with van der Waals surface area (Å²) in [6.07, 6.45) is 3.82. The van der Waals surface area contributed by atoms with Crippen LogP contribution in [0.1, 0.15) is 5.56 Å². The SMILES string of the molecule is Cn1cc(CN)c2ncccc21. The van der Waals surface area contributed by atoms with Gasteiger partial charge in [-0.15, -0.1) is 0 Å². The van der Waals surface area contributed by atoms with Gasteiger partial charge in [0.15, 0.2) is 0 Å². The van der Waals surface area contributed by atoms with Crippen molar-refractivity contribution in [2.75, 3.05) is 0 Å². The molecule has 0 saturated carbocycles. The maximum Gasteiger partial charge on any atom is 0.0925 e. The van der Waals surface area contributed by atoms with Crippen molar-refractivity contribution in [3.8, 4) is 0 Å². The molecule has 3 heteroatoms. The van der Waals surface area contributed by atoms with Crippen LogP contribution in [0.3, 0.4) is 0 Å². The molecule has 0 radical (unpaired) electrons. The smallest absolute Gasteiger partial charge is 0.0925 e. The lowest BCUT2D eigenvalue weighted by Gasteiger charge is -1.92. The second-order valence-corrected chi connectivity index (χ2v) is 2.84. The zero-order chi connectivity index (χ0) is 8.55. The van der Waals surface area contributed by atoms with Crippen LogP contribution in [0.4, 0.5) is 0 Å². The number of aryl methyl sites for hydroxylation is 1. The lowest BCUT2D eigenvalue weighted by atomic mass is 10.3. The number of rotatable bonds is 1. The Hall–Kier alpha value is -1.35. The summed E-state index contributed by atoms with van der Waals surface area (Å²) in [6.45, 7) is 0.550. The number of hydrogen-bond acceptors (Lipinski definition) is 2. The molecule has 0 aliphatic heterocycles. The van der Waals surface area contributed by atoms with Gasteiger partial charge in [-0.1, -0.05) is 0 Å². The molecular formula is C9H11N3. The van der Waals surface area contributed by atoms with Gasteiger partial charge in [-0.3, -0.25) is 4.98 Å². The predicted molar refractivity (Wildman–Crippen MR) is 48.6 cm³/mol. The van der Waals surface area contributed by atoms with E-state index in [9.17, 15) is 0 Å². The molecule has 0 bridgehead atoms. The summed E-state index contributed by atoms with van der Waals surface area (Å²) in [7, 11) is 2.00. The first-order chi connectivity index (χ1) is 5.83. The number of nitrogens with two attached hydrogens (primary N) is 1. The molecule has 12 heavy (non-hydrogen) atoms. The Balaban J connectivity index is 2.82. The van der Waals surface area contributed by atoms with Gasteiger partial charge in [-0.2, -0.15) is 0 Å². The van der Waals surface area contributed by atoms with Crippen LogP contribution in [0, 0.1) is 0 Å². The van der Waals surface area contributed by atoms with E-state index in [1.54, 1.807) is 6.20 Å². The van der Waals surface area contributed by atoms with Crippen LogP contribution in [0.2, 0.25) is 0 Å². The van der Waals surface area contributed by atoms with Crippen LogP contribution in [0.5, 0.6) is 0 Å². The Morgan fingerprint density at radius 2 is 2.42 bits per heavy atom. The topological polar surface area (TPSA) is 43.8 Å². The average molecular weight is 161 g/mol. The Morgan fingerprint density at radius 3 is 3.17 bits per heavy atom. The zero-order valence-electron chi connectivity index (χ0n) is 6.99. The normalized spacial score (nSPS) is 10.8. The molecule has 2 heterocycles. The van der Waals surface area contributed by atoms with Gasteiger partial charge in [0.25, 0.3) is 0 Å². The number of hydrogen-bond donors (Lipinski definition) is 1. The van der Waals surface area contributed by atoms with Crippen molar-refractivity contribution >= 4 is 11.0 Å². The average Bonchev–Trinajstić information content (AvgIpc) is 2.44. The van der Waals surface area contributed by atoms with E-state index in [1.807, 2.05) is 29.9 Å². The fraction of sp³-hybridized carbons (Fsp3) is 0.222. The summed E-state index contributed by atoms with van der Waals surface area (Å²) in [5, 5.41) is 0. The summed E-state index contributed by atoms with van der Waals surface area (Å²) in [4.78, 5) is 4.27. The first kappa shape index (κ1) is 7.31. The number of nitrogens with zero attached hydrogens (tertiary/aromatic N) is 2. The molecule has 0 aliphatic rings. The Bertz CT molecular complexity index is 403. The van der Waals surface area contributed by atoms with Crippen LogP contribution >= 0.6 is 0 Å². The monoisotopic (exact) mass is 161 g/mol. The van der Waals surface area contributed by atoms with Crippen LogP contribution in [-0.4, -0.2) is 9.55 Å². The minimum atomic E-state index is 0.550. The van der Waals surface area contributed by atoms with E-state index in [1.165, 1.54) is 0 Å². The van der Waals surface area contributed by atoms with Crippen molar-refractivity contribution < 1.29 is 0 Å². The van der Waals surface area contributed by atoms with Crippen LogP contribution in [0.25, 0.3) is 11.0 Å². The second kappa shape index (κ2) is 2.60. The van der Waals surface area contributed by atoms with Crippen LogP contribution in [0.15, 0.2) is 24.5 Å². The first-order valence-corrected chi connectivity index (χ1v) is 3.92. The third kappa shape index (κ3) is 0.905. The fourth-order valence-electron chi connectivity index (χ4n) is 1.44. The molecule has 0 atom stereocenters. The molecular weight excluding hydrogens is 150 g/mol. The molecule has 2 aromatic heterocycles. The number of fused-ring (bicyclic) bond motifs is 1. The number of pyridine rings is 1. The highest BCUT2D eigenvalue weighted by atomic mass is 14.9. The molecule has 62 valence electrons. The molecule has 0 unspecified atom stereocenters. The van der Waals surface area contributed by atoms with Crippen molar-refractivity contribution in [3.63, 3.8) is 0 Å². The highest BCUT2D eigenvalue weighted by Gasteiger charge is 2.03. The van der Waals surface area contributed by atoms with Gasteiger partial charge in [-0.05, 0) is 12.1 Å². The largest absolute Gasteiger partial charge is 0.349 e. The van der Waals surface area contributed by atoms with Crippen LogP contribution < -0.4 is 5.73 Å². The van der Waals surface area contributed by atoms with Gasteiger partial charge < -0.3 is 10.3 Å². The summed E-state index contributed by atoms with van der Waals surface area (Å²) < 4.78 is 2.05. The number of aromatic nitrogens is 2. The van der Waals surface area contributed by atoms with E-state index in [0.717, 1.165) is 16.6 Å². The van der Waals surface area contributed by atoms with Crippen molar-refractivity contribution in [1.29, 1.82) is 0 Å². The van der Waals surface area contributed by atoms with E-state index in [-0.39, 0.29) is 0 Å². The lowest BCUT2D eigenvalue weighted by molar-refractivity contribution is 0.949. The lowest BCUT2D eigenvalue weighted by Crippen LogP contribution is -1.94. The molecule has 3 nitrogen and oxygen atoms in total. The highest BCUT2D eigenvalue weighted by molar-refractivity contribution is 5.79. The molecule has 2 rings (SSSR count). The first-order valence-electron chi connectivity index (χ1n) is 3.92. The second-order valence-electron chi connectivity index (χ2n) is 2.84. The van der Waals surface area contributed by atoms with Crippen molar-refractivity contribution in [3.05, 3.63) is 30.1 Å². The molecule has 0 aliphatic carbocycles. The standard InChI is InChI=1S/C9H11N3/c1-12-6-7(5-10)9-8(12)3-2-4-11-9/h2-4,6H,5,10H2,1H3. The molecule has 0 aromatic carbocycles. The van der Waals surface area contributed by atoms with E-state index >= 15 is 0 Å². The fourth-order valence-corrected chi connectivity index (χ4v) is 1.44. The van der Waals surface area contributed by atoms with Crippen LogP contribution in [-0.2, 0) is 13.6 Å². The van der Waals surface area contributed by atoms with Gasteiger partial charge in [-0.25, -0.2) is 0 Å². The Kier molecular flexibility index (Phi) is 1.59. The summed E-state index contributed by atoms with van der Waals surface area (Å²) in [5.74, 6) is 0. The maximum absolute atomic E-state index is 5.58. The van der Waals surface area contributed by atoms with Crippen molar-refractivity contribution in [2.45, 2.75) is 6.54 Å². The minimum Gasteiger partial charge on any atom is -0.349 e. The van der Waals surface area contributed by atoms with Gasteiger partial charge in [0.1, 0.15) is 0 Å². The summed E-state index contributed by atoms with van der Waals surface area (Å²) in [6, 6.07) is 3.98. The molecule has 0 fully saturated rings. The van der Waals surface area contributed by atoms with E-state index in [2.05, 4.69) is 4.98 Å². The van der Waals surface area contributed by atoms with Crippen molar-refractivity contribution in [2.24, 2.45) is 12.8 Å². The zero-order valence-corrected chi connectivity index (χ0v) is 6.99. The molecule has 2 aromatic rings. The molecule has 0 spiro atoms. The van der Waals surface area contributed by atoms with Crippen molar-refractivity contribution in [1.82, 2.24) is 9.55 Å². The summed E-state index contributed by atoms with van der Waals surface area (Å²) >= 11 is 0. The Labute approximate surface area is 70.8 Å². The quantitative estimate of drug-likeness (QED) is 0.679. The van der Waals surface area contributed by atoms with Gasteiger partial charge >= 0.3 is 0 Å². The molecule has 2 N–H and O–H groups in total. The third-order valence-corrected chi connectivity index (χ3v) is 2.04. The minimum absolute atomic E-state index is 0.550. The van der Waals surface area contributed by atoms with Gasteiger partial charge in [0.05, 0.1) is 11.0 Å². The highest BCUT2D eigenvalue weighted by Crippen LogP contribution is 2.16. The van der Waals surface area contributed by atoms with E-state index < -0.39 is 0 Å². The third-order valence-electron chi connectivity index (χ3n) is 2.04. The molecule has 0 amide bonds.